The summed E-state index contributed by atoms with van der Waals surface area (Å²) in [6.45, 7) is 0.309. The van der Waals surface area contributed by atoms with E-state index < -0.39 is 5.54 Å². The van der Waals surface area contributed by atoms with Gasteiger partial charge in [0.2, 0.25) is 0 Å². The molecule has 0 unspecified atom stereocenters. The molecule has 4 rings (SSSR count). The summed E-state index contributed by atoms with van der Waals surface area (Å²) in [5.41, 5.74) is 7.39. The maximum Gasteiger partial charge on any atom is 0.266 e. The number of rotatable bonds is 6. The first-order valence-corrected chi connectivity index (χ1v) is 10.5. The van der Waals surface area contributed by atoms with Gasteiger partial charge in [0.15, 0.2) is 11.5 Å². The van der Waals surface area contributed by atoms with Crippen LogP contribution >= 0.6 is 15.9 Å². The number of hydrogen-bond donors (Lipinski definition) is 1. The number of benzene rings is 3. The molecule has 0 aromatic heterocycles. The van der Waals surface area contributed by atoms with Gasteiger partial charge in [0, 0.05) is 4.47 Å². The molecule has 31 heavy (non-hydrogen) atoms. The zero-order valence-electron chi connectivity index (χ0n) is 17.2. The van der Waals surface area contributed by atoms with Crippen molar-refractivity contribution < 1.29 is 14.3 Å². The Morgan fingerprint density at radius 2 is 1.42 bits per heavy atom. The van der Waals surface area contributed by atoms with E-state index in [1.54, 1.807) is 14.2 Å². The van der Waals surface area contributed by atoms with Crippen LogP contribution in [-0.4, -0.2) is 31.0 Å². The molecule has 3 aromatic carbocycles. The molecule has 1 heterocycles. The van der Waals surface area contributed by atoms with Gasteiger partial charge in [-0.15, -0.1) is 0 Å². The molecule has 0 spiro atoms. The van der Waals surface area contributed by atoms with E-state index in [2.05, 4.69) is 15.9 Å². The Morgan fingerprint density at radius 1 is 0.903 bits per heavy atom. The molecule has 0 radical (unpaired) electrons. The highest BCUT2D eigenvalue weighted by Crippen LogP contribution is 2.41. The van der Waals surface area contributed by atoms with Crippen molar-refractivity contribution in [3.63, 3.8) is 0 Å². The first kappa shape index (κ1) is 20.9. The minimum atomic E-state index is -1.29. The lowest BCUT2D eigenvalue weighted by molar-refractivity contribution is -0.130. The number of halogens is 1. The number of carbonyl (C=O) groups is 1. The third-order valence-corrected chi connectivity index (χ3v) is 6.19. The highest BCUT2D eigenvalue weighted by atomic mass is 79.9. The van der Waals surface area contributed by atoms with Gasteiger partial charge in [0.05, 0.1) is 20.8 Å². The fourth-order valence-corrected chi connectivity index (χ4v) is 4.15. The predicted molar refractivity (Wildman–Crippen MR) is 123 cm³/mol. The average Bonchev–Trinajstić information content (AvgIpc) is 3.06. The summed E-state index contributed by atoms with van der Waals surface area (Å²) in [5, 5.41) is 0. The van der Waals surface area contributed by atoms with E-state index in [0.717, 1.165) is 10.0 Å². The molecular weight excluding hydrogens is 458 g/mol. The van der Waals surface area contributed by atoms with Crippen LogP contribution in [0.3, 0.4) is 0 Å². The number of methoxy groups -OCH3 is 2. The van der Waals surface area contributed by atoms with Gasteiger partial charge >= 0.3 is 0 Å². The lowest BCUT2D eigenvalue weighted by Gasteiger charge is -2.27. The molecule has 1 aliphatic heterocycles. The summed E-state index contributed by atoms with van der Waals surface area (Å²) >= 11 is 3.55. The van der Waals surface area contributed by atoms with Crippen LogP contribution in [0, 0.1) is 0 Å². The van der Waals surface area contributed by atoms with E-state index in [-0.39, 0.29) is 11.9 Å². The number of carbonyl (C=O) groups excluding carboxylic acids is 1. The van der Waals surface area contributed by atoms with Crippen LogP contribution in [0.2, 0.25) is 0 Å². The summed E-state index contributed by atoms with van der Waals surface area (Å²) in [6.07, 6.45) is 0. The van der Waals surface area contributed by atoms with Crippen LogP contribution in [0.1, 0.15) is 16.7 Å². The molecule has 1 amide bonds. The molecule has 0 saturated heterocycles. The van der Waals surface area contributed by atoms with Crippen LogP contribution in [0.4, 0.5) is 0 Å². The fraction of sp³-hybridized carbons (Fsp3) is 0.167. The molecule has 0 fully saturated rings. The molecule has 0 saturated carbocycles. The summed E-state index contributed by atoms with van der Waals surface area (Å²) in [5.74, 6) is 1.35. The van der Waals surface area contributed by atoms with E-state index in [4.69, 9.17) is 20.2 Å². The lowest BCUT2D eigenvalue weighted by Crippen LogP contribution is -2.43. The molecule has 0 bridgehead atoms. The van der Waals surface area contributed by atoms with Crippen LogP contribution in [0.15, 0.2) is 82.3 Å². The zero-order chi connectivity index (χ0) is 22.0. The third-order valence-electron chi connectivity index (χ3n) is 5.42. The number of ether oxygens (including phenoxy) is 2. The molecule has 2 N–H and O–H groups in total. The first-order valence-electron chi connectivity index (χ1n) is 9.69. The van der Waals surface area contributed by atoms with Gasteiger partial charge in [-0.05, 0) is 47.0 Å². The second-order valence-corrected chi connectivity index (χ2v) is 7.97. The number of amides is 1. The molecule has 0 aliphatic carbocycles. The van der Waals surface area contributed by atoms with Crippen molar-refractivity contribution >= 4 is 27.8 Å². The van der Waals surface area contributed by atoms with Crippen LogP contribution < -0.4 is 15.2 Å². The fourth-order valence-electron chi connectivity index (χ4n) is 3.74. The molecule has 158 valence electrons. The van der Waals surface area contributed by atoms with Gasteiger partial charge < -0.3 is 15.2 Å². The number of aliphatic imine (C=N–C) groups is 1. The third kappa shape index (κ3) is 3.65. The van der Waals surface area contributed by atoms with Crippen molar-refractivity contribution in [3.05, 3.63) is 94.0 Å². The van der Waals surface area contributed by atoms with Crippen LogP contribution in [0.5, 0.6) is 11.5 Å². The lowest BCUT2D eigenvalue weighted by atomic mass is 9.82. The van der Waals surface area contributed by atoms with Crippen LogP contribution in [0.25, 0.3) is 0 Å². The normalized spacial score (nSPS) is 15.0. The Hall–Kier alpha value is -3.32. The number of nitrogens with two attached hydrogens (primary N) is 1. The monoisotopic (exact) mass is 479 g/mol. The van der Waals surface area contributed by atoms with Gasteiger partial charge in [-0.3, -0.25) is 9.69 Å². The van der Waals surface area contributed by atoms with Crippen molar-refractivity contribution in [3.8, 4) is 11.5 Å². The van der Waals surface area contributed by atoms with Crippen molar-refractivity contribution in [2.24, 2.45) is 10.7 Å². The summed E-state index contributed by atoms with van der Waals surface area (Å²) in [7, 11) is 3.20. The number of hydrogen-bond acceptors (Lipinski definition) is 5. The van der Waals surface area contributed by atoms with E-state index in [1.807, 2.05) is 72.8 Å². The Balaban J connectivity index is 1.82. The van der Waals surface area contributed by atoms with Gasteiger partial charge in [0.25, 0.3) is 5.91 Å². The standard InChI is InChI=1S/C24H22BrN3O3/c1-30-19-11-7-17(8-12-19)24(18-9-13-20(31-2)14-10-18)22(29)28(23(26)27-24)15-16-5-3-4-6-21(16)25/h3-14H,15H2,1-2H3,(H2,26,27). The minimum Gasteiger partial charge on any atom is -0.497 e. The van der Waals surface area contributed by atoms with E-state index >= 15 is 0 Å². The second kappa shape index (κ2) is 8.43. The summed E-state index contributed by atoms with van der Waals surface area (Å²) in [6, 6.07) is 22.4. The molecule has 1 aliphatic rings. The minimum absolute atomic E-state index is 0.174. The summed E-state index contributed by atoms with van der Waals surface area (Å²) < 4.78 is 11.5. The number of guanidine groups is 1. The molecule has 7 heteroatoms. The number of nitrogens with zero attached hydrogens (tertiary/aromatic N) is 2. The molecule has 0 atom stereocenters. The van der Waals surface area contributed by atoms with Crippen molar-refractivity contribution in [1.29, 1.82) is 0 Å². The van der Waals surface area contributed by atoms with Gasteiger partial charge in [-0.1, -0.05) is 58.4 Å². The quantitative estimate of drug-likeness (QED) is 0.577. The summed E-state index contributed by atoms with van der Waals surface area (Å²) in [4.78, 5) is 20.2. The highest BCUT2D eigenvalue weighted by Gasteiger charge is 2.50. The first-order chi connectivity index (χ1) is 15.0. The van der Waals surface area contributed by atoms with Gasteiger partial charge in [-0.25, -0.2) is 4.99 Å². The Labute approximate surface area is 189 Å². The zero-order valence-corrected chi connectivity index (χ0v) is 18.8. The Bertz CT molecular complexity index is 1080. The molecular formula is C24H22BrN3O3. The Kier molecular flexibility index (Phi) is 5.69. The predicted octanol–water partition coefficient (Wildman–Crippen LogP) is 4.07. The van der Waals surface area contributed by atoms with Crippen molar-refractivity contribution in [2.75, 3.05) is 14.2 Å². The van der Waals surface area contributed by atoms with Crippen LogP contribution in [-0.2, 0) is 16.9 Å². The SMILES string of the molecule is COc1ccc(C2(c3ccc(OC)cc3)N=C(N)N(Cc3ccccc3Br)C2=O)cc1. The largest absolute Gasteiger partial charge is 0.497 e. The molecule has 3 aromatic rings. The maximum atomic E-state index is 13.9. The topological polar surface area (TPSA) is 77.2 Å². The average molecular weight is 480 g/mol. The van der Waals surface area contributed by atoms with E-state index in [9.17, 15) is 4.79 Å². The van der Waals surface area contributed by atoms with Gasteiger partial charge in [-0.2, -0.15) is 0 Å². The van der Waals surface area contributed by atoms with Gasteiger partial charge in [0.1, 0.15) is 11.5 Å². The van der Waals surface area contributed by atoms with Crippen molar-refractivity contribution in [1.82, 2.24) is 4.90 Å². The maximum absolute atomic E-state index is 13.9. The van der Waals surface area contributed by atoms with E-state index in [1.165, 1.54) is 4.90 Å². The molecule has 6 nitrogen and oxygen atoms in total. The smallest absolute Gasteiger partial charge is 0.266 e. The Morgan fingerprint density at radius 3 is 1.90 bits per heavy atom. The second-order valence-electron chi connectivity index (χ2n) is 7.12. The van der Waals surface area contributed by atoms with E-state index in [0.29, 0.717) is 29.2 Å². The highest BCUT2D eigenvalue weighted by molar-refractivity contribution is 9.10. The van der Waals surface area contributed by atoms with Crippen molar-refractivity contribution in [2.45, 2.75) is 12.1 Å².